The van der Waals surface area contributed by atoms with Gasteiger partial charge in [0.25, 0.3) is 0 Å². The SMILES string of the molecule is OC1(Br)[CH]C=C(Br)C=C1. The Morgan fingerprint density at radius 3 is 2.56 bits per heavy atom. The maximum atomic E-state index is 9.20. The number of halogens is 2. The van der Waals surface area contributed by atoms with E-state index in [9.17, 15) is 5.11 Å². The smallest absolute Gasteiger partial charge is 0.145 e. The van der Waals surface area contributed by atoms with Crippen LogP contribution in [-0.4, -0.2) is 9.62 Å². The number of allylic oxidation sites excluding steroid dienone is 2. The van der Waals surface area contributed by atoms with Crippen molar-refractivity contribution in [3.8, 4) is 0 Å². The number of hydrogen-bond donors (Lipinski definition) is 1. The highest BCUT2D eigenvalue weighted by atomic mass is 79.9. The fraction of sp³-hybridized carbons (Fsp3) is 0.167. The largest absolute Gasteiger partial charge is 0.375 e. The van der Waals surface area contributed by atoms with Crippen LogP contribution in [0.3, 0.4) is 0 Å². The summed E-state index contributed by atoms with van der Waals surface area (Å²) in [4.78, 5) is 0. The van der Waals surface area contributed by atoms with Crippen LogP contribution in [0.2, 0.25) is 0 Å². The minimum atomic E-state index is -0.940. The van der Waals surface area contributed by atoms with Gasteiger partial charge in [-0.15, -0.1) is 0 Å². The Kier molecular flexibility index (Phi) is 2.14. The van der Waals surface area contributed by atoms with Crippen molar-refractivity contribution in [1.82, 2.24) is 0 Å². The topological polar surface area (TPSA) is 20.2 Å². The molecule has 0 aromatic carbocycles. The second-order valence-corrected chi connectivity index (χ2v) is 3.97. The second kappa shape index (κ2) is 2.56. The van der Waals surface area contributed by atoms with Gasteiger partial charge in [0.2, 0.25) is 0 Å². The lowest BCUT2D eigenvalue weighted by atomic mass is 10.1. The molecule has 1 atom stereocenters. The zero-order valence-corrected chi connectivity index (χ0v) is 7.68. The summed E-state index contributed by atoms with van der Waals surface area (Å²) in [5, 5.41) is 9.20. The Labute approximate surface area is 70.7 Å². The maximum Gasteiger partial charge on any atom is 0.145 e. The lowest BCUT2D eigenvalue weighted by Crippen LogP contribution is -2.17. The number of alkyl halides is 1. The molecule has 49 valence electrons. The van der Waals surface area contributed by atoms with Gasteiger partial charge in [0, 0.05) is 10.9 Å². The summed E-state index contributed by atoms with van der Waals surface area (Å²) < 4.78 is 0.0243. The van der Waals surface area contributed by atoms with Crippen LogP contribution in [0.15, 0.2) is 22.7 Å². The van der Waals surface area contributed by atoms with Gasteiger partial charge in [0.05, 0.1) is 0 Å². The molecule has 0 spiro atoms. The number of aliphatic hydroxyl groups is 1. The molecular formula is C6H5Br2O. The van der Waals surface area contributed by atoms with E-state index >= 15 is 0 Å². The second-order valence-electron chi connectivity index (χ2n) is 1.78. The molecule has 1 aliphatic rings. The van der Waals surface area contributed by atoms with Gasteiger partial charge in [-0.25, -0.2) is 0 Å². The number of hydrogen-bond acceptors (Lipinski definition) is 1. The fourth-order valence-electron chi connectivity index (χ4n) is 0.504. The van der Waals surface area contributed by atoms with Crippen molar-refractivity contribution in [1.29, 1.82) is 0 Å². The predicted octanol–water partition coefficient (Wildman–Crippen LogP) is 2.12. The highest BCUT2D eigenvalue weighted by molar-refractivity contribution is 9.12. The van der Waals surface area contributed by atoms with Crippen LogP contribution in [0, 0.1) is 6.42 Å². The molecule has 0 fully saturated rings. The molecule has 3 heteroatoms. The average Bonchev–Trinajstić information content (AvgIpc) is 1.78. The van der Waals surface area contributed by atoms with Crippen LogP contribution in [-0.2, 0) is 0 Å². The van der Waals surface area contributed by atoms with Crippen LogP contribution < -0.4 is 0 Å². The van der Waals surface area contributed by atoms with Gasteiger partial charge in [0.1, 0.15) is 4.51 Å². The molecule has 0 aromatic heterocycles. The molecule has 0 saturated carbocycles. The molecule has 0 bridgehead atoms. The third-order valence-electron chi connectivity index (χ3n) is 0.953. The maximum absolute atomic E-state index is 9.20. The summed E-state index contributed by atoms with van der Waals surface area (Å²) >= 11 is 6.32. The molecular weight excluding hydrogens is 248 g/mol. The first-order chi connectivity index (χ1) is 4.10. The molecule has 1 unspecified atom stereocenters. The van der Waals surface area contributed by atoms with Crippen molar-refractivity contribution in [2.45, 2.75) is 4.51 Å². The highest BCUT2D eigenvalue weighted by Gasteiger charge is 2.19. The monoisotopic (exact) mass is 251 g/mol. The van der Waals surface area contributed by atoms with Gasteiger partial charge in [-0.05, 0) is 28.1 Å². The molecule has 0 saturated heterocycles. The standard InChI is InChI=1S/C6H5Br2O/c7-5-1-3-6(8,9)4-2-5/h1-4,9H. The van der Waals surface area contributed by atoms with E-state index in [-0.39, 0.29) is 0 Å². The Bertz CT molecular complexity index is 170. The molecule has 1 radical (unpaired) electrons. The Balaban J connectivity index is 2.70. The Morgan fingerprint density at radius 1 is 1.56 bits per heavy atom. The first-order valence-corrected chi connectivity index (χ1v) is 4.01. The summed E-state index contributed by atoms with van der Waals surface area (Å²) in [6.07, 6.45) is 6.87. The summed E-state index contributed by atoms with van der Waals surface area (Å²) in [5.74, 6) is 0. The van der Waals surface area contributed by atoms with Crippen molar-refractivity contribution in [3.05, 3.63) is 29.1 Å². The van der Waals surface area contributed by atoms with E-state index in [1.165, 1.54) is 0 Å². The van der Waals surface area contributed by atoms with Gasteiger partial charge >= 0.3 is 0 Å². The molecule has 1 aliphatic carbocycles. The van der Waals surface area contributed by atoms with E-state index in [4.69, 9.17) is 0 Å². The first-order valence-electron chi connectivity index (χ1n) is 2.42. The summed E-state index contributed by atoms with van der Waals surface area (Å²) in [5.41, 5.74) is 0. The highest BCUT2D eigenvalue weighted by Crippen LogP contribution is 2.27. The van der Waals surface area contributed by atoms with Crippen molar-refractivity contribution in [2.75, 3.05) is 0 Å². The van der Waals surface area contributed by atoms with Gasteiger partial charge in [-0.1, -0.05) is 22.0 Å². The number of rotatable bonds is 0. The predicted molar refractivity (Wildman–Crippen MR) is 44.3 cm³/mol. The van der Waals surface area contributed by atoms with Crippen molar-refractivity contribution in [2.24, 2.45) is 0 Å². The minimum Gasteiger partial charge on any atom is -0.375 e. The van der Waals surface area contributed by atoms with Gasteiger partial charge in [0.15, 0.2) is 0 Å². The summed E-state index contributed by atoms with van der Waals surface area (Å²) in [6, 6.07) is 0. The molecule has 1 nitrogen and oxygen atoms in total. The van der Waals surface area contributed by atoms with Gasteiger partial charge in [-0.2, -0.15) is 0 Å². The van der Waals surface area contributed by atoms with Crippen LogP contribution in [0.4, 0.5) is 0 Å². The zero-order chi connectivity index (χ0) is 6.91. The van der Waals surface area contributed by atoms with E-state index in [0.29, 0.717) is 0 Å². The quantitative estimate of drug-likeness (QED) is 0.655. The van der Waals surface area contributed by atoms with Crippen LogP contribution in [0.1, 0.15) is 0 Å². The van der Waals surface area contributed by atoms with E-state index in [1.807, 2.05) is 0 Å². The summed E-state index contributed by atoms with van der Waals surface area (Å²) in [6.45, 7) is 0. The molecule has 0 aliphatic heterocycles. The Hall–Kier alpha value is 0.400. The average molecular weight is 253 g/mol. The zero-order valence-electron chi connectivity index (χ0n) is 4.51. The summed E-state index contributed by atoms with van der Waals surface area (Å²) in [7, 11) is 0. The van der Waals surface area contributed by atoms with Crippen molar-refractivity contribution in [3.63, 3.8) is 0 Å². The normalized spacial score (nSPS) is 34.3. The Morgan fingerprint density at radius 2 is 2.22 bits per heavy atom. The van der Waals surface area contributed by atoms with E-state index in [0.717, 1.165) is 4.48 Å². The van der Waals surface area contributed by atoms with E-state index < -0.39 is 4.51 Å². The van der Waals surface area contributed by atoms with Crippen LogP contribution in [0.5, 0.6) is 0 Å². The molecule has 0 aromatic rings. The van der Waals surface area contributed by atoms with Crippen LogP contribution >= 0.6 is 31.9 Å². The molecule has 9 heavy (non-hydrogen) atoms. The third kappa shape index (κ3) is 2.24. The lowest BCUT2D eigenvalue weighted by molar-refractivity contribution is 0.232. The first kappa shape index (κ1) is 7.51. The van der Waals surface area contributed by atoms with E-state index in [2.05, 4.69) is 31.9 Å². The molecule has 0 heterocycles. The lowest BCUT2D eigenvalue weighted by Gasteiger charge is -2.16. The molecule has 0 amide bonds. The fourth-order valence-corrected chi connectivity index (χ4v) is 1.03. The van der Waals surface area contributed by atoms with Crippen molar-refractivity contribution < 1.29 is 5.11 Å². The van der Waals surface area contributed by atoms with Crippen LogP contribution in [0.25, 0.3) is 0 Å². The van der Waals surface area contributed by atoms with Crippen molar-refractivity contribution >= 4 is 31.9 Å². The minimum absolute atomic E-state index is 0.940. The third-order valence-corrected chi connectivity index (χ3v) is 2.01. The van der Waals surface area contributed by atoms with Gasteiger partial charge < -0.3 is 5.11 Å². The molecule has 1 N–H and O–H groups in total. The molecule has 1 rings (SSSR count). The van der Waals surface area contributed by atoms with Gasteiger partial charge in [-0.3, -0.25) is 0 Å². The van der Waals surface area contributed by atoms with E-state index in [1.54, 1.807) is 24.6 Å².